The molecule has 0 saturated carbocycles. The molecule has 0 aromatic heterocycles. The number of nitrogens with one attached hydrogen (secondary N) is 1. The summed E-state index contributed by atoms with van der Waals surface area (Å²) in [6.45, 7) is 1.36. The summed E-state index contributed by atoms with van der Waals surface area (Å²) in [7, 11) is -2.64. The molecule has 122 valence electrons. The Kier molecular flexibility index (Phi) is 5.33. The highest BCUT2D eigenvalue weighted by Gasteiger charge is 2.24. The molecule has 2 aromatic rings. The number of para-hydroxylation sites is 1. The van der Waals surface area contributed by atoms with Crippen LogP contribution in [0, 0.1) is 0 Å². The fourth-order valence-corrected chi connectivity index (χ4v) is 4.48. The molecule has 23 heavy (non-hydrogen) atoms. The van der Waals surface area contributed by atoms with Crippen LogP contribution in [0.4, 0.5) is 5.69 Å². The van der Waals surface area contributed by atoms with E-state index in [-0.39, 0.29) is 32.7 Å². The maximum Gasteiger partial charge on any atom is 0.265 e. The Morgan fingerprint density at radius 2 is 1.91 bits per heavy atom. The molecule has 1 N–H and O–H groups in total. The number of Topliss-reactive ketones (excluding diaryl/α,β-unsaturated/α-hetero) is 1. The number of carbonyl (C=O) groups excluding carboxylic acids is 1. The van der Waals surface area contributed by atoms with Crippen molar-refractivity contribution < 1.29 is 17.9 Å². The lowest BCUT2D eigenvalue weighted by Gasteiger charge is -2.14. The van der Waals surface area contributed by atoms with Gasteiger partial charge in [0.05, 0.1) is 17.3 Å². The van der Waals surface area contributed by atoms with Crippen molar-refractivity contribution in [2.45, 2.75) is 11.8 Å². The van der Waals surface area contributed by atoms with Gasteiger partial charge in [0.2, 0.25) is 0 Å². The molecular formula is C15H13BrClNO4S. The highest BCUT2D eigenvalue weighted by molar-refractivity contribution is 9.10. The van der Waals surface area contributed by atoms with Gasteiger partial charge in [-0.25, -0.2) is 8.42 Å². The largest absolute Gasteiger partial charge is 0.494 e. The van der Waals surface area contributed by atoms with Gasteiger partial charge in [-0.05, 0) is 47.1 Å². The fourth-order valence-electron chi connectivity index (χ4n) is 2.01. The lowest BCUT2D eigenvalue weighted by atomic mass is 10.1. The Bertz CT molecular complexity index is 868. The van der Waals surface area contributed by atoms with Crippen LogP contribution in [-0.4, -0.2) is 21.3 Å². The molecule has 5 nitrogen and oxygen atoms in total. The van der Waals surface area contributed by atoms with Crippen molar-refractivity contribution in [1.29, 1.82) is 0 Å². The smallest absolute Gasteiger partial charge is 0.265 e. The normalized spacial score (nSPS) is 11.1. The molecule has 0 aliphatic heterocycles. The van der Waals surface area contributed by atoms with Crippen LogP contribution in [0.5, 0.6) is 5.75 Å². The van der Waals surface area contributed by atoms with Gasteiger partial charge >= 0.3 is 0 Å². The Labute approximate surface area is 147 Å². The minimum Gasteiger partial charge on any atom is -0.494 e. The summed E-state index contributed by atoms with van der Waals surface area (Å²) >= 11 is 9.16. The van der Waals surface area contributed by atoms with E-state index in [2.05, 4.69) is 20.7 Å². The predicted octanol–water partition coefficient (Wildman–Crippen LogP) is 4.11. The zero-order valence-electron chi connectivity index (χ0n) is 12.3. The highest BCUT2D eigenvalue weighted by Crippen LogP contribution is 2.36. The number of hydrogen-bond acceptors (Lipinski definition) is 4. The van der Waals surface area contributed by atoms with Crippen LogP contribution in [0.2, 0.25) is 5.02 Å². The minimum absolute atomic E-state index is 0.127. The molecule has 0 unspecified atom stereocenters. The summed E-state index contributed by atoms with van der Waals surface area (Å²) < 4.78 is 33.3. The summed E-state index contributed by atoms with van der Waals surface area (Å²) in [6.07, 6.45) is 0. The molecule has 0 heterocycles. The Hall–Kier alpha value is -1.57. The summed E-state index contributed by atoms with van der Waals surface area (Å²) in [6, 6.07) is 9.17. The first-order chi connectivity index (χ1) is 10.8. The van der Waals surface area contributed by atoms with Gasteiger partial charge in [-0.2, -0.15) is 0 Å². The number of rotatable bonds is 5. The molecule has 0 atom stereocenters. The number of anilines is 1. The van der Waals surface area contributed by atoms with Crippen molar-refractivity contribution in [3.63, 3.8) is 0 Å². The summed E-state index contributed by atoms with van der Waals surface area (Å²) in [5.41, 5.74) is 0.467. The molecule has 0 amide bonds. The first-order valence-corrected chi connectivity index (χ1v) is 9.07. The average molecular weight is 419 g/mol. The molecule has 2 aromatic carbocycles. The van der Waals surface area contributed by atoms with Crippen LogP contribution in [0.3, 0.4) is 0 Å². The molecule has 8 heteroatoms. The number of ketones is 1. The van der Waals surface area contributed by atoms with E-state index < -0.39 is 10.0 Å². The van der Waals surface area contributed by atoms with Crippen molar-refractivity contribution in [3.8, 4) is 5.75 Å². The van der Waals surface area contributed by atoms with Gasteiger partial charge in [0.1, 0.15) is 4.90 Å². The molecule has 0 bridgehead atoms. The second-order valence-corrected chi connectivity index (χ2v) is 7.57. The Morgan fingerprint density at radius 1 is 1.26 bits per heavy atom. The van der Waals surface area contributed by atoms with Gasteiger partial charge in [-0.15, -0.1) is 0 Å². The number of benzene rings is 2. The molecule has 0 spiro atoms. The van der Waals surface area contributed by atoms with Crippen molar-refractivity contribution in [3.05, 3.63) is 51.5 Å². The molecule has 0 radical (unpaired) electrons. The average Bonchev–Trinajstić information content (AvgIpc) is 2.46. The standard InChI is InChI=1S/C15H13BrClNO4S/c1-9(19)11-5-3-4-6-13(11)18-23(20,21)14-8-10(17)7-12(16)15(14)22-2/h3-8,18H,1-2H3. The second kappa shape index (κ2) is 6.90. The molecule has 2 rings (SSSR count). The van der Waals surface area contributed by atoms with Gasteiger partial charge < -0.3 is 4.74 Å². The van der Waals surface area contributed by atoms with Crippen molar-refractivity contribution in [1.82, 2.24) is 0 Å². The van der Waals surface area contributed by atoms with Crippen molar-refractivity contribution in [2.75, 3.05) is 11.8 Å². The predicted molar refractivity (Wildman–Crippen MR) is 93.0 cm³/mol. The van der Waals surface area contributed by atoms with E-state index in [1.54, 1.807) is 18.2 Å². The number of methoxy groups -OCH3 is 1. The quantitative estimate of drug-likeness (QED) is 0.742. The van der Waals surface area contributed by atoms with Crippen LogP contribution >= 0.6 is 27.5 Å². The third kappa shape index (κ3) is 3.85. The van der Waals surface area contributed by atoms with E-state index in [1.165, 1.54) is 32.2 Å². The van der Waals surface area contributed by atoms with Gasteiger partial charge in [0, 0.05) is 10.6 Å². The number of sulfonamides is 1. The number of carbonyl (C=O) groups is 1. The maximum atomic E-state index is 12.7. The first-order valence-electron chi connectivity index (χ1n) is 6.42. The zero-order valence-corrected chi connectivity index (χ0v) is 15.4. The van der Waals surface area contributed by atoms with Crippen LogP contribution in [0.15, 0.2) is 45.8 Å². The molecule has 0 fully saturated rings. The van der Waals surface area contributed by atoms with Gasteiger partial charge in [-0.1, -0.05) is 23.7 Å². The molecule has 0 aliphatic rings. The third-order valence-electron chi connectivity index (χ3n) is 3.02. The zero-order chi connectivity index (χ0) is 17.2. The number of halogens is 2. The van der Waals surface area contributed by atoms with E-state index in [1.807, 2.05) is 0 Å². The first kappa shape index (κ1) is 17.8. The molecule has 0 saturated heterocycles. The van der Waals surface area contributed by atoms with Crippen molar-refractivity contribution in [2.24, 2.45) is 0 Å². The van der Waals surface area contributed by atoms with E-state index in [9.17, 15) is 13.2 Å². The van der Waals surface area contributed by atoms with Gasteiger partial charge in [0.25, 0.3) is 10.0 Å². The Morgan fingerprint density at radius 3 is 2.52 bits per heavy atom. The number of ether oxygens (including phenoxy) is 1. The van der Waals surface area contributed by atoms with Gasteiger partial charge in [0.15, 0.2) is 11.5 Å². The summed E-state index contributed by atoms with van der Waals surface area (Å²) in [4.78, 5) is 11.5. The van der Waals surface area contributed by atoms with E-state index in [0.29, 0.717) is 4.47 Å². The van der Waals surface area contributed by atoms with E-state index >= 15 is 0 Å². The summed E-state index contributed by atoms with van der Waals surface area (Å²) in [5.74, 6) is -0.121. The van der Waals surface area contributed by atoms with E-state index in [4.69, 9.17) is 16.3 Å². The lowest BCUT2D eigenvalue weighted by Crippen LogP contribution is -2.16. The summed E-state index contributed by atoms with van der Waals surface area (Å²) in [5, 5.41) is 0.234. The monoisotopic (exact) mass is 417 g/mol. The topological polar surface area (TPSA) is 72.5 Å². The van der Waals surface area contributed by atoms with Crippen LogP contribution in [-0.2, 0) is 10.0 Å². The maximum absolute atomic E-state index is 12.7. The lowest BCUT2D eigenvalue weighted by molar-refractivity contribution is 0.101. The van der Waals surface area contributed by atoms with Gasteiger partial charge in [-0.3, -0.25) is 9.52 Å². The SMILES string of the molecule is COc1c(Br)cc(Cl)cc1S(=O)(=O)Nc1ccccc1C(C)=O. The highest BCUT2D eigenvalue weighted by atomic mass is 79.9. The number of hydrogen-bond donors (Lipinski definition) is 1. The van der Waals surface area contributed by atoms with Crippen LogP contribution < -0.4 is 9.46 Å². The second-order valence-electron chi connectivity index (χ2n) is 4.63. The Balaban J connectivity index is 2.55. The molecular weight excluding hydrogens is 406 g/mol. The molecule has 0 aliphatic carbocycles. The third-order valence-corrected chi connectivity index (χ3v) is 5.20. The fraction of sp³-hybridized carbons (Fsp3) is 0.133. The minimum atomic E-state index is -4.00. The van der Waals surface area contributed by atoms with Crippen LogP contribution in [0.1, 0.15) is 17.3 Å². The van der Waals surface area contributed by atoms with Crippen molar-refractivity contribution >= 4 is 49.0 Å². The van der Waals surface area contributed by atoms with Crippen LogP contribution in [0.25, 0.3) is 0 Å². The van der Waals surface area contributed by atoms with E-state index in [0.717, 1.165) is 0 Å².